The van der Waals surface area contributed by atoms with Gasteiger partial charge < -0.3 is 15.5 Å². The number of piperidine rings is 4. The highest BCUT2D eigenvalue weighted by atomic mass is 16.2. The van der Waals surface area contributed by atoms with E-state index in [0.717, 1.165) is 38.4 Å². The Morgan fingerprint density at radius 1 is 1.24 bits per heavy atom. The van der Waals surface area contributed by atoms with Crippen molar-refractivity contribution in [2.75, 3.05) is 32.7 Å². The van der Waals surface area contributed by atoms with Crippen LogP contribution in [0.5, 0.6) is 0 Å². The van der Waals surface area contributed by atoms with Crippen LogP contribution in [0.3, 0.4) is 0 Å². The van der Waals surface area contributed by atoms with Gasteiger partial charge in [0.1, 0.15) is 0 Å². The molecule has 2 N–H and O–H groups in total. The fourth-order valence-electron chi connectivity index (χ4n) is 3.50. The van der Waals surface area contributed by atoms with Crippen LogP contribution in [0.4, 0.5) is 0 Å². The molecule has 1 amide bonds. The Morgan fingerprint density at radius 3 is 2.65 bits per heavy atom. The standard InChI is InChI=1S/C13H23N3O/c17-13(11-2-1-5-14-8-11)15-12-9-16-6-3-10(12)4-7-16/h10-12,14H,1-9H2,(H,15,17)/t11-,12?/m1/s1. The number of carbonyl (C=O) groups excluding carboxylic acids is 1. The van der Waals surface area contributed by atoms with Gasteiger partial charge in [-0.05, 0) is 51.2 Å². The Bertz CT molecular complexity index is 280. The van der Waals surface area contributed by atoms with Crippen LogP contribution in [-0.4, -0.2) is 49.6 Å². The lowest BCUT2D eigenvalue weighted by Crippen LogP contribution is -2.58. The minimum absolute atomic E-state index is 0.208. The summed E-state index contributed by atoms with van der Waals surface area (Å²) < 4.78 is 0. The molecule has 0 spiro atoms. The van der Waals surface area contributed by atoms with Gasteiger partial charge in [-0.1, -0.05) is 0 Å². The van der Waals surface area contributed by atoms with Gasteiger partial charge >= 0.3 is 0 Å². The van der Waals surface area contributed by atoms with Crippen molar-refractivity contribution >= 4 is 5.91 Å². The predicted octanol–water partition coefficient (Wildman–Crippen LogP) is 0.196. The SMILES string of the molecule is O=C(NC1CN2CCC1CC2)[C@@H]1CCCNC1. The summed E-state index contributed by atoms with van der Waals surface area (Å²) in [7, 11) is 0. The molecule has 0 aliphatic carbocycles. The third kappa shape index (κ3) is 2.47. The molecule has 4 rings (SSSR count). The molecule has 2 bridgehead atoms. The molecule has 17 heavy (non-hydrogen) atoms. The van der Waals surface area contributed by atoms with Crippen molar-refractivity contribution in [3.63, 3.8) is 0 Å². The number of nitrogens with zero attached hydrogens (tertiary/aromatic N) is 1. The van der Waals surface area contributed by atoms with Crippen LogP contribution in [0.25, 0.3) is 0 Å². The van der Waals surface area contributed by atoms with E-state index in [0.29, 0.717) is 6.04 Å². The number of hydrogen-bond donors (Lipinski definition) is 2. The van der Waals surface area contributed by atoms with E-state index in [1.165, 1.54) is 25.9 Å². The third-order valence-electron chi connectivity index (χ3n) is 4.65. The molecular weight excluding hydrogens is 214 g/mol. The molecule has 4 aliphatic rings. The fourth-order valence-corrected chi connectivity index (χ4v) is 3.50. The Hall–Kier alpha value is -0.610. The molecule has 1 unspecified atom stereocenters. The van der Waals surface area contributed by atoms with Gasteiger partial charge in [-0.3, -0.25) is 4.79 Å². The molecule has 96 valence electrons. The second kappa shape index (κ2) is 4.94. The highest BCUT2D eigenvalue weighted by molar-refractivity contribution is 5.79. The first-order valence-corrected chi connectivity index (χ1v) is 7.06. The number of hydrogen-bond acceptors (Lipinski definition) is 3. The summed E-state index contributed by atoms with van der Waals surface area (Å²) in [5.74, 6) is 1.23. The topological polar surface area (TPSA) is 44.4 Å². The second-order valence-electron chi connectivity index (χ2n) is 5.80. The zero-order valence-corrected chi connectivity index (χ0v) is 10.5. The molecule has 4 aliphatic heterocycles. The van der Waals surface area contributed by atoms with E-state index in [4.69, 9.17) is 0 Å². The average Bonchev–Trinajstić information content (AvgIpc) is 2.41. The third-order valence-corrected chi connectivity index (χ3v) is 4.65. The lowest BCUT2D eigenvalue weighted by molar-refractivity contribution is -0.127. The first-order valence-electron chi connectivity index (χ1n) is 7.06. The van der Waals surface area contributed by atoms with Crippen molar-refractivity contribution in [2.45, 2.75) is 31.7 Å². The Morgan fingerprint density at radius 2 is 2.06 bits per heavy atom. The van der Waals surface area contributed by atoms with Crippen LogP contribution < -0.4 is 10.6 Å². The lowest BCUT2D eigenvalue weighted by atomic mass is 9.83. The monoisotopic (exact) mass is 237 g/mol. The molecule has 2 atom stereocenters. The summed E-state index contributed by atoms with van der Waals surface area (Å²) in [6.07, 6.45) is 4.74. The van der Waals surface area contributed by atoms with Crippen molar-refractivity contribution in [3.05, 3.63) is 0 Å². The van der Waals surface area contributed by atoms with E-state index in [1.54, 1.807) is 0 Å². The van der Waals surface area contributed by atoms with Gasteiger partial charge in [0, 0.05) is 19.1 Å². The first-order chi connectivity index (χ1) is 8.33. The normalized spacial score (nSPS) is 41.2. The van der Waals surface area contributed by atoms with E-state index < -0.39 is 0 Å². The maximum absolute atomic E-state index is 12.2. The van der Waals surface area contributed by atoms with Crippen LogP contribution in [0.1, 0.15) is 25.7 Å². The zero-order valence-electron chi connectivity index (χ0n) is 10.5. The van der Waals surface area contributed by atoms with E-state index >= 15 is 0 Å². The molecule has 0 aromatic carbocycles. The molecule has 0 aromatic heterocycles. The van der Waals surface area contributed by atoms with Gasteiger partial charge in [0.15, 0.2) is 0 Å². The summed E-state index contributed by atoms with van der Waals surface area (Å²) in [5, 5.41) is 6.62. The minimum Gasteiger partial charge on any atom is -0.352 e. The Labute approximate surface area is 103 Å². The molecule has 0 aromatic rings. The molecule has 4 heteroatoms. The van der Waals surface area contributed by atoms with Crippen LogP contribution >= 0.6 is 0 Å². The van der Waals surface area contributed by atoms with Gasteiger partial charge in [0.2, 0.25) is 5.91 Å². The maximum atomic E-state index is 12.2. The minimum atomic E-state index is 0.208. The molecule has 0 radical (unpaired) electrons. The van der Waals surface area contributed by atoms with Crippen LogP contribution in [0, 0.1) is 11.8 Å². The van der Waals surface area contributed by atoms with E-state index in [9.17, 15) is 4.79 Å². The van der Waals surface area contributed by atoms with Gasteiger partial charge in [0.05, 0.1) is 5.92 Å². The Kier molecular flexibility index (Phi) is 3.34. The van der Waals surface area contributed by atoms with Gasteiger partial charge in [0.25, 0.3) is 0 Å². The molecule has 4 saturated heterocycles. The predicted molar refractivity (Wildman–Crippen MR) is 66.7 cm³/mol. The van der Waals surface area contributed by atoms with E-state index in [2.05, 4.69) is 15.5 Å². The second-order valence-corrected chi connectivity index (χ2v) is 5.80. The van der Waals surface area contributed by atoms with Crippen LogP contribution in [-0.2, 0) is 4.79 Å². The summed E-state index contributed by atoms with van der Waals surface area (Å²) >= 11 is 0. The van der Waals surface area contributed by atoms with Gasteiger partial charge in [-0.2, -0.15) is 0 Å². The van der Waals surface area contributed by atoms with Crippen LogP contribution in [0.2, 0.25) is 0 Å². The van der Waals surface area contributed by atoms with E-state index in [-0.39, 0.29) is 11.8 Å². The number of fused-ring (bicyclic) bond motifs is 3. The van der Waals surface area contributed by atoms with Gasteiger partial charge in [-0.25, -0.2) is 0 Å². The first kappa shape index (κ1) is 11.5. The smallest absolute Gasteiger partial charge is 0.224 e. The lowest BCUT2D eigenvalue weighted by Gasteiger charge is -2.45. The summed E-state index contributed by atoms with van der Waals surface area (Å²) in [4.78, 5) is 14.7. The average molecular weight is 237 g/mol. The summed E-state index contributed by atoms with van der Waals surface area (Å²) in [6.45, 7) is 5.50. The highest BCUT2D eigenvalue weighted by Crippen LogP contribution is 2.27. The number of carbonyl (C=O) groups is 1. The van der Waals surface area contributed by atoms with Crippen molar-refractivity contribution in [2.24, 2.45) is 11.8 Å². The van der Waals surface area contributed by atoms with Crippen molar-refractivity contribution in [1.29, 1.82) is 0 Å². The molecule has 0 saturated carbocycles. The molecule has 4 fully saturated rings. The maximum Gasteiger partial charge on any atom is 0.224 e. The molecule has 4 nitrogen and oxygen atoms in total. The molecular formula is C13H23N3O. The number of nitrogens with one attached hydrogen (secondary N) is 2. The van der Waals surface area contributed by atoms with E-state index in [1.807, 2.05) is 0 Å². The number of amides is 1. The van der Waals surface area contributed by atoms with Crippen LogP contribution in [0.15, 0.2) is 0 Å². The van der Waals surface area contributed by atoms with Crippen molar-refractivity contribution in [1.82, 2.24) is 15.5 Å². The number of rotatable bonds is 2. The zero-order chi connectivity index (χ0) is 11.7. The largest absolute Gasteiger partial charge is 0.352 e. The summed E-state index contributed by atoms with van der Waals surface area (Å²) in [5.41, 5.74) is 0. The summed E-state index contributed by atoms with van der Waals surface area (Å²) in [6, 6.07) is 0.423. The quantitative estimate of drug-likeness (QED) is 0.721. The van der Waals surface area contributed by atoms with Gasteiger partial charge in [-0.15, -0.1) is 0 Å². The fraction of sp³-hybridized carbons (Fsp3) is 0.923. The Balaban J connectivity index is 1.54. The van der Waals surface area contributed by atoms with Crippen molar-refractivity contribution in [3.8, 4) is 0 Å². The highest BCUT2D eigenvalue weighted by Gasteiger charge is 2.35. The molecule has 4 heterocycles. The van der Waals surface area contributed by atoms with Crippen molar-refractivity contribution < 1.29 is 4.79 Å².